The number of aryl methyl sites for hydroxylation is 2. The van der Waals surface area contributed by atoms with Gasteiger partial charge in [0.15, 0.2) is 5.96 Å². The molecule has 1 aromatic carbocycles. The molecule has 144 valence electrons. The maximum Gasteiger partial charge on any atom is 0.229 e. The summed E-state index contributed by atoms with van der Waals surface area (Å²) in [4.78, 5) is 18.9. The number of aromatic nitrogens is 1. The molecule has 2 heterocycles. The van der Waals surface area contributed by atoms with Crippen molar-refractivity contribution in [2.45, 2.75) is 39.7 Å². The second kappa shape index (κ2) is 8.70. The van der Waals surface area contributed by atoms with Gasteiger partial charge in [-0.15, -0.1) is 0 Å². The summed E-state index contributed by atoms with van der Waals surface area (Å²) in [5.41, 5.74) is 2.97. The Morgan fingerprint density at radius 2 is 2.11 bits per heavy atom. The third kappa shape index (κ3) is 4.67. The number of carbonyl (C=O) groups excluding carboxylic acids is 1. The van der Waals surface area contributed by atoms with Crippen molar-refractivity contribution >= 4 is 17.6 Å². The number of guanidine groups is 1. The predicted octanol–water partition coefficient (Wildman–Crippen LogP) is 2.19. The minimum atomic E-state index is 0.0366. The van der Waals surface area contributed by atoms with Crippen LogP contribution in [-0.2, 0) is 11.2 Å². The van der Waals surface area contributed by atoms with E-state index in [1.165, 1.54) is 0 Å². The van der Waals surface area contributed by atoms with Gasteiger partial charge < -0.3 is 20.1 Å². The van der Waals surface area contributed by atoms with E-state index in [1.54, 1.807) is 0 Å². The molecule has 1 saturated heterocycles. The third-order valence-corrected chi connectivity index (χ3v) is 4.69. The van der Waals surface area contributed by atoms with Crippen LogP contribution >= 0.6 is 0 Å². The summed E-state index contributed by atoms with van der Waals surface area (Å²) in [6.45, 7) is 7.92. The fourth-order valence-electron chi connectivity index (χ4n) is 3.31. The molecule has 1 aliphatic rings. The Morgan fingerprint density at radius 3 is 2.78 bits per heavy atom. The van der Waals surface area contributed by atoms with Crippen LogP contribution in [0.15, 0.2) is 39.8 Å². The third-order valence-electron chi connectivity index (χ3n) is 4.69. The highest BCUT2D eigenvalue weighted by Gasteiger charge is 2.31. The minimum Gasteiger partial charge on any atom is -0.361 e. The summed E-state index contributed by atoms with van der Waals surface area (Å²) in [7, 11) is 0. The van der Waals surface area contributed by atoms with E-state index >= 15 is 0 Å². The van der Waals surface area contributed by atoms with Crippen LogP contribution in [0.2, 0.25) is 0 Å². The summed E-state index contributed by atoms with van der Waals surface area (Å²) in [6.07, 6.45) is 1.24. The number of hydrogen-bond donors (Lipinski definition) is 2. The van der Waals surface area contributed by atoms with Crippen LogP contribution in [-0.4, -0.2) is 42.7 Å². The number of hydrogen-bond acceptors (Lipinski definition) is 4. The van der Waals surface area contributed by atoms with E-state index in [1.807, 2.05) is 56.0 Å². The molecule has 0 aliphatic carbocycles. The van der Waals surface area contributed by atoms with E-state index in [0.29, 0.717) is 19.5 Å². The van der Waals surface area contributed by atoms with E-state index in [4.69, 9.17) is 4.52 Å². The SMILES string of the molecule is CCNC(=NCCc1c(C)noc1C)NC1CC(=O)N(c2ccccc2)C1. The monoisotopic (exact) mass is 369 g/mol. The molecule has 1 unspecified atom stereocenters. The van der Waals surface area contributed by atoms with Crippen molar-refractivity contribution in [2.75, 3.05) is 24.5 Å². The normalized spacial score (nSPS) is 17.4. The van der Waals surface area contributed by atoms with Gasteiger partial charge in [-0.2, -0.15) is 0 Å². The smallest absolute Gasteiger partial charge is 0.229 e. The highest BCUT2D eigenvalue weighted by Crippen LogP contribution is 2.21. The molecule has 2 N–H and O–H groups in total. The fourth-order valence-corrected chi connectivity index (χ4v) is 3.31. The summed E-state index contributed by atoms with van der Waals surface area (Å²) in [6, 6.07) is 9.81. The first kappa shape index (κ1) is 18.9. The zero-order chi connectivity index (χ0) is 19.2. The molecule has 1 aromatic heterocycles. The molecule has 7 heteroatoms. The quantitative estimate of drug-likeness (QED) is 0.602. The Morgan fingerprint density at radius 1 is 1.33 bits per heavy atom. The molecule has 1 aliphatic heterocycles. The average molecular weight is 369 g/mol. The maximum atomic E-state index is 12.4. The zero-order valence-electron chi connectivity index (χ0n) is 16.2. The van der Waals surface area contributed by atoms with E-state index < -0.39 is 0 Å². The summed E-state index contributed by atoms with van der Waals surface area (Å²) < 4.78 is 5.20. The molecule has 3 rings (SSSR count). The van der Waals surface area contributed by atoms with E-state index in [9.17, 15) is 4.79 Å². The highest BCUT2D eigenvalue weighted by molar-refractivity contribution is 5.97. The molecule has 0 saturated carbocycles. The van der Waals surface area contributed by atoms with Crippen LogP contribution in [0.3, 0.4) is 0 Å². The van der Waals surface area contributed by atoms with Gasteiger partial charge in [-0.05, 0) is 39.3 Å². The largest absolute Gasteiger partial charge is 0.361 e. The number of aliphatic imine (C=N–C) groups is 1. The molecule has 1 fully saturated rings. The topological polar surface area (TPSA) is 82.8 Å². The number of nitrogens with zero attached hydrogens (tertiary/aromatic N) is 3. The second-order valence-electron chi connectivity index (χ2n) is 6.70. The molecule has 0 radical (unpaired) electrons. The van der Waals surface area contributed by atoms with Gasteiger partial charge >= 0.3 is 0 Å². The number of para-hydroxylation sites is 1. The van der Waals surface area contributed by atoms with Crippen LogP contribution in [0.4, 0.5) is 5.69 Å². The Hall–Kier alpha value is -2.83. The van der Waals surface area contributed by atoms with Gasteiger partial charge in [0.05, 0.1) is 11.7 Å². The number of benzene rings is 1. The van der Waals surface area contributed by atoms with Crippen LogP contribution < -0.4 is 15.5 Å². The minimum absolute atomic E-state index is 0.0366. The molecule has 0 bridgehead atoms. The lowest BCUT2D eigenvalue weighted by atomic mass is 10.1. The Kier molecular flexibility index (Phi) is 6.11. The summed E-state index contributed by atoms with van der Waals surface area (Å²) in [5.74, 6) is 1.71. The average Bonchev–Trinajstić information content (AvgIpc) is 3.18. The molecule has 27 heavy (non-hydrogen) atoms. The van der Waals surface area contributed by atoms with Crippen LogP contribution in [0, 0.1) is 13.8 Å². The lowest BCUT2D eigenvalue weighted by Gasteiger charge is -2.19. The molecule has 2 aromatic rings. The molecule has 1 amide bonds. The highest BCUT2D eigenvalue weighted by atomic mass is 16.5. The Bertz CT molecular complexity index is 780. The van der Waals surface area contributed by atoms with Crippen LogP contribution in [0.25, 0.3) is 0 Å². The summed E-state index contributed by atoms with van der Waals surface area (Å²) in [5, 5.41) is 10.6. The standard InChI is InChI=1S/C20H27N5O2/c1-4-21-20(22-11-10-18-14(2)24-27-15(18)3)23-16-12-19(26)25(13-16)17-8-6-5-7-9-17/h5-9,16H,4,10-13H2,1-3H3,(H2,21,22,23). The van der Waals surface area contributed by atoms with Gasteiger partial charge in [0, 0.05) is 37.3 Å². The molecule has 7 nitrogen and oxygen atoms in total. The number of nitrogens with one attached hydrogen (secondary N) is 2. The van der Waals surface area contributed by atoms with Gasteiger partial charge in [-0.3, -0.25) is 9.79 Å². The van der Waals surface area contributed by atoms with Crippen molar-refractivity contribution in [2.24, 2.45) is 4.99 Å². The number of rotatable bonds is 6. The summed E-state index contributed by atoms with van der Waals surface area (Å²) >= 11 is 0. The van der Waals surface area contributed by atoms with Crippen LogP contribution in [0.5, 0.6) is 0 Å². The van der Waals surface area contributed by atoms with Crippen molar-refractivity contribution < 1.29 is 9.32 Å². The van der Waals surface area contributed by atoms with Gasteiger partial charge in [-0.1, -0.05) is 23.4 Å². The van der Waals surface area contributed by atoms with Crippen molar-refractivity contribution in [3.8, 4) is 0 Å². The first-order valence-corrected chi connectivity index (χ1v) is 9.40. The Balaban J connectivity index is 1.60. The fraction of sp³-hybridized carbons (Fsp3) is 0.450. The number of carbonyl (C=O) groups is 1. The van der Waals surface area contributed by atoms with Gasteiger partial charge in [0.1, 0.15) is 5.76 Å². The molecular weight excluding hydrogens is 342 g/mol. The first-order valence-electron chi connectivity index (χ1n) is 9.40. The van der Waals surface area contributed by atoms with Crippen LogP contribution in [0.1, 0.15) is 30.4 Å². The molecular formula is C20H27N5O2. The predicted molar refractivity (Wildman–Crippen MR) is 106 cm³/mol. The van der Waals surface area contributed by atoms with Crippen molar-refractivity contribution in [3.05, 3.63) is 47.3 Å². The van der Waals surface area contributed by atoms with Gasteiger partial charge in [-0.25, -0.2) is 0 Å². The Labute approximate surface area is 159 Å². The number of anilines is 1. The molecule has 0 spiro atoms. The van der Waals surface area contributed by atoms with E-state index in [-0.39, 0.29) is 11.9 Å². The molecule has 1 atom stereocenters. The lowest BCUT2D eigenvalue weighted by molar-refractivity contribution is -0.117. The van der Waals surface area contributed by atoms with E-state index in [2.05, 4.69) is 20.8 Å². The van der Waals surface area contributed by atoms with Gasteiger partial charge in [0.2, 0.25) is 5.91 Å². The lowest BCUT2D eigenvalue weighted by Crippen LogP contribution is -2.44. The van der Waals surface area contributed by atoms with E-state index in [0.717, 1.165) is 41.6 Å². The number of amides is 1. The zero-order valence-corrected chi connectivity index (χ0v) is 16.2. The first-order chi connectivity index (χ1) is 13.1. The van der Waals surface area contributed by atoms with Gasteiger partial charge in [0.25, 0.3) is 0 Å². The second-order valence-corrected chi connectivity index (χ2v) is 6.70. The maximum absolute atomic E-state index is 12.4. The van der Waals surface area contributed by atoms with Crippen molar-refractivity contribution in [1.82, 2.24) is 15.8 Å². The van der Waals surface area contributed by atoms with Crippen molar-refractivity contribution in [3.63, 3.8) is 0 Å². The van der Waals surface area contributed by atoms with Crippen molar-refractivity contribution in [1.29, 1.82) is 0 Å².